The highest BCUT2D eigenvalue weighted by atomic mass is 79.9. The normalized spacial score (nSPS) is 11.2. The molecule has 16 heavy (non-hydrogen) atoms. The molecule has 0 aromatic carbocycles. The lowest BCUT2D eigenvalue weighted by molar-refractivity contribution is -0.121. The predicted molar refractivity (Wildman–Crippen MR) is 68.3 cm³/mol. The smallest absolute Gasteiger partial charge is 0.245 e. The van der Waals surface area contributed by atoms with Gasteiger partial charge in [0.2, 0.25) is 5.91 Å². The molecular weight excluding hydrogens is 270 g/mol. The number of aromatic nitrogens is 1. The zero-order valence-electron chi connectivity index (χ0n) is 9.67. The Morgan fingerprint density at radius 2 is 2.19 bits per heavy atom. The van der Waals surface area contributed by atoms with E-state index in [0.29, 0.717) is 5.82 Å². The summed E-state index contributed by atoms with van der Waals surface area (Å²) >= 11 is 3.29. The zero-order chi connectivity index (χ0) is 12.2. The Kier molecular flexibility index (Phi) is 4.44. The summed E-state index contributed by atoms with van der Waals surface area (Å²) in [5.74, 6) is 0.461. The van der Waals surface area contributed by atoms with Crippen LogP contribution in [0.5, 0.6) is 0 Å². The highest BCUT2D eigenvalue weighted by molar-refractivity contribution is 9.10. The Hall–Kier alpha value is -0.940. The molecule has 5 heteroatoms. The lowest BCUT2D eigenvalue weighted by Gasteiger charge is -2.24. The van der Waals surface area contributed by atoms with E-state index >= 15 is 0 Å². The third-order valence-corrected chi connectivity index (χ3v) is 2.62. The molecule has 0 aliphatic carbocycles. The van der Waals surface area contributed by atoms with Crippen LogP contribution in [0.1, 0.15) is 20.8 Å². The van der Waals surface area contributed by atoms with E-state index in [0.717, 1.165) is 11.0 Å². The van der Waals surface area contributed by atoms with Gasteiger partial charge in [0.25, 0.3) is 0 Å². The van der Waals surface area contributed by atoms with Crippen LogP contribution in [0.15, 0.2) is 22.8 Å². The van der Waals surface area contributed by atoms with Crippen LogP contribution in [0.2, 0.25) is 0 Å². The second-order valence-electron chi connectivity index (χ2n) is 3.97. The third kappa shape index (κ3) is 3.57. The van der Waals surface area contributed by atoms with Crippen molar-refractivity contribution in [3.05, 3.63) is 22.8 Å². The highest BCUT2D eigenvalue weighted by Gasteiger charge is 2.26. The molecule has 1 amide bonds. The quantitative estimate of drug-likeness (QED) is 0.892. The molecule has 0 atom stereocenters. The van der Waals surface area contributed by atoms with Gasteiger partial charge in [0.1, 0.15) is 5.82 Å². The number of hydrogen-bond acceptors (Lipinski definition) is 3. The van der Waals surface area contributed by atoms with Crippen molar-refractivity contribution in [3.8, 4) is 0 Å². The highest BCUT2D eigenvalue weighted by Crippen LogP contribution is 2.12. The summed E-state index contributed by atoms with van der Waals surface area (Å²) in [5, 5.41) is 5.87. The maximum atomic E-state index is 11.9. The van der Waals surface area contributed by atoms with E-state index in [1.165, 1.54) is 0 Å². The summed E-state index contributed by atoms with van der Waals surface area (Å²) in [6.45, 7) is 6.39. The second-order valence-corrected chi connectivity index (χ2v) is 4.89. The summed E-state index contributed by atoms with van der Waals surface area (Å²) in [6.07, 6.45) is 1.65. The van der Waals surface area contributed by atoms with Gasteiger partial charge in [0.05, 0.1) is 5.54 Å². The number of nitrogens with zero attached hydrogens (tertiary/aromatic N) is 1. The number of likely N-dealkylation sites (N-methyl/N-ethyl adjacent to an activating group) is 1. The van der Waals surface area contributed by atoms with Crippen molar-refractivity contribution in [2.24, 2.45) is 0 Å². The van der Waals surface area contributed by atoms with E-state index in [9.17, 15) is 4.79 Å². The van der Waals surface area contributed by atoms with Gasteiger partial charge in [-0.2, -0.15) is 0 Å². The number of pyridine rings is 1. The Bertz CT molecular complexity index is 362. The summed E-state index contributed by atoms with van der Waals surface area (Å²) in [5.41, 5.74) is -0.594. The fourth-order valence-corrected chi connectivity index (χ4v) is 1.48. The maximum Gasteiger partial charge on any atom is 0.245 e. The molecule has 4 nitrogen and oxygen atoms in total. The van der Waals surface area contributed by atoms with Crippen molar-refractivity contribution in [2.75, 3.05) is 11.9 Å². The van der Waals surface area contributed by atoms with Gasteiger partial charge in [-0.15, -0.1) is 0 Å². The third-order valence-electron chi connectivity index (χ3n) is 2.16. The molecular formula is C11H16BrN3O. The van der Waals surface area contributed by atoms with Crippen molar-refractivity contribution in [3.63, 3.8) is 0 Å². The first-order chi connectivity index (χ1) is 7.45. The van der Waals surface area contributed by atoms with Crippen LogP contribution in [0.4, 0.5) is 5.82 Å². The zero-order valence-corrected chi connectivity index (χ0v) is 11.3. The van der Waals surface area contributed by atoms with E-state index in [2.05, 4.69) is 31.5 Å². The second kappa shape index (κ2) is 5.41. The fraction of sp³-hybridized carbons (Fsp3) is 0.455. The van der Waals surface area contributed by atoms with Gasteiger partial charge in [-0.05, 0) is 48.5 Å². The molecule has 2 N–H and O–H groups in total. The van der Waals surface area contributed by atoms with Crippen LogP contribution < -0.4 is 10.6 Å². The minimum absolute atomic E-state index is 0.0934. The molecule has 0 saturated carbocycles. The van der Waals surface area contributed by atoms with Crippen LogP contribution >= 0.6 is 15.9 Å². The van der Waals surface area contributed by atoms with E-state index in [-0.39, 0.29) is 5.91 Å². The van der Waals surface area contributed by atoms with Gasteiger partial charge < -0.3 is 10.6 Å². The van der Waals surface area contributed by atoms with E-state index in [1.807, 2.05) is 26.8 Å². The van der Waals surface area contributed by atoms with E-state index in [4.69, 9.17) is 0 Å². The van der Waals surface area contributed by atoms with Crippen molar-refractivity contribution in [2.45, 2.75) is 26.3 Å². The Balaban J connectivity index is 2.67. The Morgan fingerprint density at radius 3 is 2.69 bits per heavy atom. The number of carbonyl (C=O) groups is 1. The van der Waals surface area contributed by atoms with E-state index < -0.39 is 5.54 Å². The van der Waals surface area contributed by atoms with Gasteiger partial charge in [-0.1, -0.05) is 6.92 Å². The molecule has 1 aromatic rings. The average Bonchev–Trinajstić information content (AvgIpc) is 2.21. The maximum absolute atomic E-state index is 11.9. The largest absolute Gasteiger partial charge is 0.309 e. The first-order valence-electron chi connectivity index (χ1n) is 5.13. The van der Waals surface area contributed by atoms with Crippen LogP contribution in [0.3, 0.4) is 0 Å². The predicted octanol–water partition coefficient (Wildman–Crippen LogP) is 2.17. The lowest BCUT2D eigenvalue weighted by Crippen LogP contribution is -2.49. The van der Waals surface area contributed by atoms with E-state index in [1.54, 1.807) is 12.3 Å². The number of nitrogens with one attached hydrogen (secondary N) is 2. The molecule has 88 valence electrons. The monoisotopic (exact) mass is 285 g/mol. The summed E-state index contributed by atoms with van der Waals surface area (Å²) in [6, 6.07) is 3.59. The molecule has 0 fully saturated rings. The molecule has 0 radical (unpaired) electrons. The molecule has 1 heterocycles. The summed E-state index contributed by atoms with van der Waals surface area (Å²) in [7, 11) is 0. The minimum Gasteiger partial charge on any atom is -0.309 e. The SMILES string of the molecule is CCNC(C)(C)C(=O)Nc1ccc(Br)cn1. The van der Waals surface area contributed by atoms with Crippen LogP contribution in [0, 0.1) is 0 Å². The van der Waals surface area contributed by atoms with Crippen molar-refractivity contribution < 1.29 is 4.79 Å². The number of anilines is 1. The van der Waals surface area contributed by atoms with Crippen molar-refractivity contribution in [1.29, 1.82) is 0 Å². The van der Waals surface area contributed by atoms with Gasteiger partial charge in [0.15, 0.2) is 0 Å². The number of hydrogen-bond donors (Lipinski definition) is 2. The molecule has 0 unspecified atom stereocenters. The van der Waals surface area contributed by atoms with Crippen LogP contribution in [0.25, 0.3) is 0 Å². The fourth-order valence-electron chi connectivity index (χ4n) is 1.24. The number of rotatable bonds is 4. The molecule has 0 aliphatic rings. The molecule has 1 rings (SSSR count). The summed E-state index contributed by atoms with van der Waals surface area (Å²) in [4.78, 5) is 16.0. The molecule has 0 bridgehead atoms. The number of carbonyl (C=O) groups excluding carboxylic acids is 1. The average molecular weight is 286 g/mol. The Morgan fingerprint density at radius 1 is 1.50 bits per heavy atom. The standard InChI is InChI=1S/C11H16BrN3O/c1-4-14-11(2,3)10(16)15-9-6-5-8(12)7-13-9/h5-7,14H,4H2,1-3H3,(H,13,15,16). The first kappa shape index (κ1) is 13.1. The van der Waals surface area contributed by atoms with Crippen molar-refractivity contribution in [1.82, 2.24) is 10.3 Å². The molecule has 0 saturated heterocycles. The number of amides is 1. The van der Waals surface area contributed by atoms with Gasteiger partial charge in [-0.3, -0.25) is 4.79 Å². The van der Waals surface area contributed by atoms with Crippen molar-refractivity contribution >= 4 is 27.7 Å². The van der Waals surface area contributed by atoms with Gasteiger partial charge in [-0.25, -0.2) is 4.98 Å². The molecule has 1 aromatic heterocycles. The van der Waals surface area contributed by atoms with Gasteiger partial charge >= 0.3 is 0 Å². The first-order valence-corrected chi connectivity index (χ1v) is 5.93. The summed E-state index contributed by atoms with van der Waals surface area (Å²) < 4.78 is 0.886. The molecule has 0 spiro atoms. The van der Waals surface area contributed by atoms with Crippen LogP contribution in [-0.4, -0.2) is 23.0 Å². The number of halogens is 1. The molecule has 0 aliphatic heterocycles. The van der Waals surface area contributed by atoms with Gasteiger partial charge in [0, 0.05) is 10.7 Å². The topological polar surface area (TPSA) is 54.0 Å². The minimum atomic E-state index is -0.594. The van der Waals surface area contributed by atoms with Crippen LogP contribution in [-0.2, 0) is 4.79 Å². The Labute approximate surface area is 104 Å². The lowest BCUT2D eigenvalue weighted by atomic mass is 10.0.